The fourth-order valence-electron chi connectivity index (χ4n) is 5.46. The minimum absolute atomic E-state index is 0.103. The lowest BCUT2D eigenvalue weighted by Crippen LogP contribution is -2.36. The Kier molecular flexibility index (Phi) is 7.90. The Labute approximate surface area is 223 Å². The van der Waals surface area contributed by atoms with Crippen LogP contribution in [0.4, 0.5) is 5.69 Å². The second kappa shape index (κ2) is 11.1. The first-order chi connectivity index (χ1) is 17.4. The lowest BCUT2D eigenvalue weighted by Gasteiger charge is -2.32. The summed E-state index contributed by atoms with van der Waals surface area (Å²) in [5.74, 6) is 1.02. The molecule has 1 saturated heterocycles. The molecular formula is C29H35Cl2N3O2. The molecule has 3 fully saturated rings. The molecular weight excluding hydrogens is 493 g/mol. The van der Waals surface area contributed by atoms with Crippen molar-refractivity contribution in [3.8, 4) is 0 Å². The van der Waals surface area contributed by atoms with Gasteiger partial charge in [-0.15, -0.1) is 0 Å². The fraction of sp³-hybridized carbons (Fsp3) is 0.517. The highest BCUT2D eigenvalue weighted by molar-refractivity contribution is 6.35. The van der Waals surface area contributed by atoms with Gasteiger partial charge in [0.1, 0.15) is 0 Å². The van der Waals surface area contributed by atoms with E-state index in [0.717, 1.165) is 75.8 Å². The summed E-state index contributed by atoms with van der Waals surface area (Å²) >= 11 is 12.4. The van der Waals surface area contributed by atoms with E-state index in [4.69, 9.17) is 23.2 Å². The molecule has 0 radical (unpaired) electrons. The minimum Gasteiger partial charge on any atom is -0.356 e. The van der Waals surface area contributed by atoms with Crippen LogP contribution in [0.25, 0.3) is 0 Å². The largest absolute Gasteiger partial charge is 0.356 e. The highest BCUT2D eigenvalue weighted by Crippen LogP contribution is 2.53. The molecule has 0 atom stereocenters. The smallest absolute Gasteiger partial charge is 0.227 e. The van der Waals surface area contributed by atoms with Crippen LogP contribution in [0.2, 0.25) is 10.0 Å². The number of halogens is 2. The Balaban J connectivity index is 1.01. The molecule has 0 bridgehead atoms. The summed E-state index contributed by atoms with van der Waals surface area (Å²) in [6, 6.07) is 14.0. The summed E-state index contributed by atoms with van der Waals surface area (Å²) in [7, 11) is 0. The Hall–Kier alpha value is -2.08. The maximum Gasteiger partial charge on any atom is 0.227 e. The van der Waals surface area contributed by atoms with E-state index in [-0.39, 0.29) is 23.1 Å². The predicted molar refractivity (Wildman–Crippen MR) is 146 cm³/mol. The second-order valence-electron chi connectivity index (χ2n) is 10.8. The third kappa shape index (κ3) is 6.42. The van der Waals surface area contributed by atoms with Gasteiger partial charge >= 0.3 is 0 Å². The Morgan fingerprint density at radius 2 is 1.78 bits per heavy atom. The van der Waals surface area contributed by atoms with Gasteiger partial charge < -0.3 is 15.5 Å². The van der Waals surface area contributed by atoms with Crippen molar-refractivity contribution in [2.24, 2.45) is 5.92 Å². The second-order valence-corrected chi connectivity index (χ2v) is 11.6. The number of piperidine rings is 1. The number of nitrogens with one attached hydrogen (secondary N) is 2. The summed E-state index contributed by atoms with van der Waals surface area (Å²) in [4.78, 5) is 27.2. The molecule has 5 nitrogen and oxygen atoms in total. The van der Waals surface area contributed by atoms with Crippen LogP contribution in [0.1, 0.15) is 68.4 Å². The molecule has 0 spiro atoms. The van der Waals surface area contributed by atoms with Crippen molar-refractivity contribution in [3.63, 3.8) is 0 Å². The summed E-state index contributed by atoms with van der Waals surface area (Å²) < 4.78 is 0. The minimum atomic E-state index is -0.119. The molecule has 0 unspecified atom stereocenters. The third-order valence-electron chi connectivity index (χ3n) is 7.99. The third-order valence-corrected chi connectivity index (χ3v) is 8.54. The molecule has 0 aromatic heterocycles. The van der Waals surface area contributed by atoms with Crippen molar-refractivity contribution in [3.05, 3.63) is 63.6 Å². The monoisotopic (exact) mass is 527 g/mol. The van der Waals surface area contributed by atoms with Crippen LogP contribution in [-0.4, -0.2) is 42.9 Å². The van der Waals surface area contributed by atoms with Gasteiger partial charge in [0.05, 0.1) is 0 Å². The average Bonchev–Trinajstić information content (AvgIpc) is 3.78. The van der Waals surface area contributed by atoms with Crippen LogP contribution in [0.3, 0.4) is 0 Å². The number of carbonyl (C=O) groups excluding carboxylic acids is 2. The van der Waals surface area contributed by atoms with E-state index in [2.05, 4.69) is 33.7 Å². The summed E-state index contributed by atoms with van der Waals surface area (Å²) in [6.45, 7) is 3.83. The van der Waals surface area contributed by atoms with Gasteiger partial charge in [-0.2, -0.15) is 0 Å². The first-order valence-electron chi connectivity index (χ1n) is 13.3. The molecule has 3 aliphatic rings. The van der Waals surface area contributed by atoms with Gasteiger partial charge in [-0.05, 0) is 106 Å². The molecule has 2 saturated carbocycles. The average molecular weight is 529 g/mol. The lowest BCUT2D eigenvalue weighted by atomic mass is 9.89. The van der Waals surface area contributed by atoms with Crippen molar-refractivity contribution in [2.75, 3.05) is 31.5 Å². The number of amides is 2. The fourth-order valence-corrected chi connectivity index (χ4v) is 6.07. The van der Waals surface area contributed by atoms with Crippen molar-refractivity contribution < 1.29 is 9.59 Å². The molecule has 2 aromatic carbocycles. The number of benzene rings is 2. The first-order valence-corrected chi connectivity index (χ1v) is 14.0. The van der Waals surface area contributed by atoms with E-state index in [9.17, 15) is 9.59 Å². The highest BCUT2D eigenvalue weighted by atomic mass is 35.5. The molecule has 2 amide bonds. The van der Waals surface area contributed by atoms with E-state index >= 15 is 0 Å². The molecule has 5 rings (SSSR count). The number of likely N-dealkylation sites (tertiary alicyclic amines) is 1. The van der Waals surface area contributed by atoms with Gasteiger partial charge in [-0.25, -0.2) is 0 Å². The topological polar surface area (TPSA) is 61.4 Å². The number of carbonyl (C=O) groups is 2. The van der Waals surface area contributed by atoms with Gasteiger partial charge in [-0.3, -0.25) is 9.59 Å². The molecule has 2 N–H and O–H groups in total. The van der Waals surface area contributed by atoms with Crippen molar-refractivity contribution in [2.45, 2.75) is 62.7 Å². The van der Waals surface area contributed by atoms with Gasteiger partial charge in [0.2, 0.25) is 11.8 Å². The van der Waals surface area contributed by atoms with Crippen LogP contribution in [0, 0.1) is 5.92 Å². The van der Waals surface area contributed by atoms with E-state index < -0.39 is 0 Å². The summed E-state index contributed by atoms with van der Waals surface area (Å²) in [5.41, 5.74) is 3.17. The number of nitrogens with zero attached hydrogens (tertiary/aromatic N) is 1. The van der Waals surface area contributed by atoms with E-state index in [1.165, 1.54) is 5.56 Å². The number of hydrogen-bond acceptors (Lipinski definition) is 3. The SMILES string of the molecule is O=C(CC1(c2ccc(Cl)cc2Cl)CC1)NCCCN1CCC(c2cccc(NC(=O)C3CC3)c2)CC1. The zero-order valence-corrected chi connectivity index (χ0v) is 22.2. The van der Waals surface area contributed by atoms with Crippen LogP contribution < -0.4 is 10.6 Å². The van der Waals surface area contributed by atoms with Gasteiger partial charge in [0, 0.05) is 40.0 Å². The van der Waals surface area contributed by atoms with Gasteiger partial charge in [-0.1, -0.05) is 41.4 Å². The van der Waals surface area contributed by atoms with E-state index in [1.54, 1.807) is 6.07 Å². The number of hydrogen-bond donors (Lipinski definition) is 2. The molecule has 2 aliphatic carbocycles. The summed E-state index contributed by atoms with van der Waals surface area (Å²) in [5, 5.41) is 7.47. The zero-order valence-electron chi connectivity index (χ0n) is 20.7. The number of rotatable bonds is 10. The number of anilines is 1. The molecule has 1 heterocycles. The molecule has 1 aliphatic heterocycles. The van der Waals surface area contributed by atoms with Crippen LogP contribution in [-0.2, 0) is 15.0 Å². The Morgan fingerprint density at radius 1 is 1.00 bits per heavy atom. The van der Waals surface area contributed by atoms with Crippen molar-refractivity contribution in [1.29, 1.82) is 0 Å². The molecule has 7 heteroatoms. The quantitative estimate of drug-likeness (QED) is 0.364. The summed E-state index contributed by atoms with van der Waals surface area (Å²) in [6.07, 6.45) is 7.71. The molecule has 36 heavy (non-hydrogen) atoms. The van der Waals surface area contributed by atoms with E-state index in [1.807, 2.05) is 18.2 Å². The molecule has 2 aromatic rings. The van der Waals surface area contributed by atoms with E-state index in [0.29, 0.717) is 28.9 Å². The van der Waals surface area contributed by atoms with Crippen molar-refractivity contribution >= 4 is 40.7 Å². The van der Waals surface area contributed by atoms with Crippen LogP contribution in [0.5, 0.6) is 0 Å². The molecule has 192 valence electrons. The Bertz CT molecular complexity index is 1110. The van der Waals surface area contributed by atoms with Crippen LogP contribution in [0.15, 0.2) is 42.5 Å². The first kappa shape index (κ1) is 25.6. The zero-order chi connectivity index (χ0) is 25.1. The Morgan fingerprint density at radius 3 is 2.47 bits per heavy atom. The normalized spacial score (nSPS) is 19.6. The maximum absolute atomic E-state index is 12.6. The predicted octanol–water partition coefficient (Wildman–Crippen LogP) is 6.15. The standard InChI is InChI=1S/C29H35Cl2N3O2/c30-23-7-8-25(26(31)18-23)29(11-12-29)19-27(35)32-13-2-14-34-15-9-20(10-16-34)22-3-1-4-24(17-22)33-28(36)21-5-6-21/h1,3-4,7-8,17-18,20-21H,2,5-6,9-16,19H2,(H,32,35)(H,33,36). The van der Waals surface area contributed by atoms with Gasteiger partial charge in [0.25, 0.3) is 0 Å². The van der Waals surface area contributed by atoms with Gasteiger partial charge in [0.15, 0.2) is 0 Å². The maximum atomic E-state index is 12.6. The highest BCUT2D eigenvalue weighted by Gasteiger charge is 2.47. The van der Waals surface area contributed by atoms with Crippen molar-refractivity contribution in [1.82, 2.24) is 10.2 Å². The van der Waals surface area contributed by atoms with Crippen LogP contribution >= 0.6 is 23.2 Å². The lowest BCUT2D eigenvalue weighted by molar-refractivity contribution is -0.121.